The fraction of sp³-hybridized carbons (Fsp3) is 0.667. The molecular formula is C15H20F3N3O. The highest BCUT2D eigenvalue weighted by molar-refractivity contribution is 5.50. The fourth-order valence-electron chi connectivity index (χ4n) is 3.10. The van der Waals surface area contributed by atoms with E-state index in [1.165, 1.54) is 6.07 Å². The number of halogens is 3. The molecule has 3 heterocycles. The molecule has 7 heteroatoms. The van der Waals surface area contributed by atoms with Gasteiger partial charge in [0.05, 0.1) is 24.8 Å². The molecule has 0 aliphatic carbocycles. The first-order valence-electron chi connectivity index (χ1n) is 7.51. The molecule has 0 N–H and O–H groups in total. The Morgan fingerprint density at radius 2 is 2.09 bits per heavy atom. The normalized spacial score (nSPS) is 23.2. The number of rotatable bonds is 1. The van der Waals surface area contributed by atoms with Crippen LogP contribution in [0.25, 0.3) is 0 Å². The quantitative estimate of drug-likeness (QED) is 0.796. The van der Waals surface area contributed by atoms with Crippen LogP contribution < -0.4 is 4.90 Å². The van der Waals surface area contributed by atoms with Crippen LogP contribution in [0.3, 0.4) is 0 Å². The van der Waals surface area contributed by atoms with Crippen molar-refractivity contribution < 1.29 is 17.9 Å². The summed E-state index contributed by atoms with van der Waals surface area (Å²) < 4.78 is 44.1. The molecule has 0 spiro atoms. The van der Waals surface area contributed by atoms with Crippen LogP contribution in [-0.4, -0.2) is 48.2 Å². The monoisotopic (exact) mass is 315 g/mol. The fourth-order valence-corrected chi connectivity index (χ4v) is 3.10. The molecule has 1 atom stereocenters. The predicted octanol–water partition coefficient (Wildman–Crippen LogP) is 2.53. The Morgan fingerprint density at radius 1 is 1.32 bits per heavy atom. The minimum Gasteiger partial charge on any atom is -0.374 e. The number of piperazine rings is 1. The Bertz CT molecular complexity index is 547. The number of fused-ring (bicyclic) bond motifs is 3. The summed E-state index contributed by atoms with van der Waals surface area (Å²) in [5.74, 6) is 0.638. The molecule has 3 rings (SSSR count). The molecule has 0 amide bonds. The summed E-state index contributed by atoms with van der Waals surface area (Å²) in [7, 11) is 0. The maximum atomic E-state index is 12.8. The van der Waals surface area contributed by atoms with Crippen LogP contribution >= 0.6 is 0 Å². The highest BCUT2D eigenvalue weighted by atomic mass is 19.4. The zero-order chi connectivity index (χ0) is 15.9. The first-order chi connectivity index (χ1) is 10.4. The first-order valence-corrected chi connectivity index (χ1v) is 7.51. The van der Waals surface area contributed by atoms with Gasteiger partial charge in [0, 0.05) is 37.4 Å². The van der Waals surface area contributed by atoms with Crippen LogP contribution in [-0.2, 0) is 17.5 Å². The van der Waals surface area contributed by atoms with Crippen LogP contribution in [0.1, 0.15) is 25.0 Å². The minimum absolute atomic E-state index is 0.140. The van der Waals surface area contributed by atoms with Gasteiger partial charge in [0.15, 0.2) is 0 Å². The number of hydrogen-bond acceptors (Lipinski definition) is 4. The molecule has 1 aromatic heterocycles. The Kier molecular flexibility index (Phi) is 4.03. The molecule has 0 saturated carbocycles. The molecule has 0 aromatic carbocycles. The number of anilines is 1. The van der Waals surface area contributed by atoms with Gasteiger partial charge in [0.1, 0.15) is 5.82 Å². The lowest BCUT2D eigenvalue weighted by Crippen LogP contribution is -2.56. The lowest BCUT2D eigenvalue weighted by Gasteiger charge is -2.42. The van der Waals surface area contributed by atoms with Gasteiger partial charge in [0.25, 0.3) is 0 Å². The van der Waals surface area contributed by atoms with E-state index in [2.05, 4.69) is 28.6 Å². The van der Waals surface area contributed by atoms with Crippen molar-refractivity contribution in [2.24, 2.45) is 0 Å². The van der Waals surface area contributed by atoms with Gasteiger partial charge in [0.2, 0.25) is 0 Å². The number of hydrogen-bond donors (Lipinski definition) is 0. The number of alkyl halides is 3. The van der Waals surface area contributed by atoms with Gasteiger partial charge < -0.3 is 9.64 Å². The van der Waals surface area contributed by atoms with Crippen LogP contribution in [0.4, 0.5) is 19.0 Å². The number of aromatic nitrogens is 1. The summed E-state index contributed by atoms with van der Waals surface area (Å²) in [5, 5.41) is 0. The molecule has 22 heavy (non-hydrogen) atoms. The molecule has 122 valence electrons. The third-order valence-electron chi connectivity index (χ3n) is 4.35. The lowest BCUT2D eigenvalue weighted by atomic mass is 10.1. The summed E-state index contributed by atoms with van der Waals surface area (Å²) in [5.41, 5.74) is -0.190. The average Bonchev–Trinajstić information content (AvgIpc) is 2.64. The molecule has 4 nitrogen and oxygen atoms in total. The van der Waals surface area contributed by atoms with Crippen molar-refractivity contribution in [1.29, 1.82) is 0 Å². The summed E-state index contributed by atoms with van der Waals surface area (Å²) in [6.45, 7) is 7.49. The highest BCUT2D eigenvalue weighted by Crippen LogP contribution is 2.34. The minimum atomic E-state index is -4.37. The first kappa shape index (κ1) is 15.6. The second-order valence-corrected chi connectivity index (χ2v) is 6.16. The van der Waals surface area contributed by atoms with Gasteiger partial charge >= 0.3 is 6.18 Å². The Labute approximate surface area is 127 Å². The van der Waals surface area contributed by atoms with E-state index in [4.69, 9.17) is 4.74 Å². The van der Waals surface area contributed by atoms with E-state index in [1.807, 2.05) is 0 Å². The van der Waals surface area contributed by atoms with Crippen molar-refractivity contribution in [2.75, 3.05) is 31.1 Å². The maximum Gasteiger partial charge on any atom is 0.417 e. The summed E-state index contributed by atoms with van der Waals surface area (Å²) in [4.78, 5) is 8.57. The van der Waals surface area contributed by atoms with Crippen LogP contribution in [0.5, 0.6) is 0 Å². The summed E-state index contributed by atoms with van der Waals surface area (Å²) >= 11 is 0. The van der Waals surface area contributed by atoms with E-state index in [1.54, 1.807) is 0 Å². The molecule has 0 bridgehead atoms. The SMILES string of the molecule is CC(C)N1CCN2c3ncc(C(F)(F)F)cc3COCC2C1. The topological polar surface area (TPSA) is 28.6 Å². The zero-order valence-corrected chi connectivity index (χ0v) is 12.7. The lowest BCUT2D eigenvalue weighted by molar-refractivity contribution is -0.137. The summed E-state index contributed by atoms with van der Waals surface area (Å²) in [6.07, 6.45) is -3.44. The van der Waals surface area contributed by atoms with Gasteiger partial charge in [-0.1, -0.05) is 0 Å². The van der Waals surface area contributed by atoms with Gasteiger partial charge in [-0.2, -0.15) is 13.2 Å². The molecule has 1 fully saturated rings. The van der Waals surface area contributed by atoms with Crippen molar-refractivity contribution in [3.05, 3.63) is 23.4 Å². The van der Waals surface area contributed by atoms with E-state index in [-0.39, 0.29) is 12.6 Å². The molecule has 1 aromatic rings. The van der Waals surface area contributed by atoms with Crippen molar-refractivity contribution >= 4 is 5.82 Å². The Balaban J connectivity index is 1.89. The zero-order valence-electron chi connectivity index (χ0n) is 12.7. The van der Waals surface area contributed by atoms with E-state index >= 15 is 0 Å². The Morgan fingerprint density at radius 3 is 2.77 bits per heavy atom. The maximum absolute atomic E-state index is 12.8. The average molecular weight is 315 g/mol. The van der Waals surface area contributed by atoms with Crippen LogP contribution in [0.15, 0.2) is 12.3 Å². The number of ether oxygens (including phenoxy) is 1. The molecule has 1 unspecified atom stereocenters. The van der Waals surface area contributed by atoms with Crippen molar-refractivity contribution in [3.8, 4) is 0 Å². The van der Waals surface area contributed by atoms with Gasteiger partial charge in [-0.05, 0) is 19.9 Å². The van der Waals surface area contributed by atoms with Gasteiger partial charge in [-0.25, -0.2) is 4.98 Å². The predicted molar refractivity (Wildman–Crippen MR) is 76.7 cm³/mol. The van der Waals surface area contributed by atoms with Crippen molar-refractivity contribution in [1.82, 2.24) is 9.88 Å². The van der Waals surface area contributed by atoms with Gasteiger partial charge in [-0.3, -0.25) is 4.90 Å². The molecular weight excluding hydrogens is 295 g/mol. The summed E-state index contributed by atoms with van der Waals surface area (Å²) in [6, 6.07) is 1.76. The van der Waals surface area contributed by atoms with Crippen molar-refractivity contribution in [2.45, 2.75) is 38.7 Å². The van der Waals surface area contributed by atoms with Crippen LogP contribution in [0, 0.1) is 0 Å². The third-order valence-corrected chi connectivity index (χ3v) is 4.35. The second kappa shape index (κ2) is 5.70. The number of pyridine rings is 1. The molecule has 2 aliphatic rings. The van der Waals surface area contributed by atoms with Gasteiger partial charge in [-0.15, -0.1) is 0 Å². The van der Waals surface area contributed by atoms with E-state index in [0.717, 1.165) is 25.8 Å². The van der Waals surface area contributed by atoms with E-state index in [9.17, 15) is 13.2 Å². The standard InChI is InChI=1S/C15H20F3N3O/c1-10(2)20-3-4-21-13(7-20)9-22-8-11-5-12(15(16,17)18)6-19-14(11)21/h5-6,10,13H,3-4,7-9H2,1-2H3. The largest absolute Gasteiger partial charge is 0.417 e. The molecule has 0 radical (unpaired) electrons. The van der Waals surface area contributed by atoms with Crippen LogP contribution in [0.2, 0.25) is 0 Å². The third kappa shape index (κ3) is 2.92. The molecule has 2 aliphatic heterocycles. The van der Waals surface area contributed by atoms with Crippen molar-refractivity contribution in [3.63, 3.8) is 0 Å². The smallest absolute Gasteiger partial charge is 0.374 e. The Hall–Kier alpha value is -1.34. The van der Waals surface area contributed by atoms with E-state index < -0.39 is 11.7 Å². The highest BCUT2D eigenvalue weighted by Gasteiger charge is 2.35. The molecule has 1 saturated heterocycles. The van der Waals surface area contributed by atoms with E-state index in [0.29, 0.717) is 24.0 Å². The second-order valence-electron chi connectivity index (χ2n) is 6.16. The number of nitrogens with zero attached hydrogens (tertiary/aromatic N) is 3.